The number of aromatic nitrogens is 6. The highest BCUT2D eigenvalue weighted by Crippen LogP contribution is 2.28. The number of hydrazine groups is 2. The van der Waals surface area contributed by atoms with E-state index in [0.717, 1.165) is 11.4 Å². The van der Waals surface area contributed by atoms with Gasteiger partial charge in [-0.15, -0.1) is 0 Å². The lowest BCUT2D eigenvalue weighted by atomic mass is 10.1. The highest BCUT2D eigenvalue weighted by atomic mass is 16.2. The van der Waals surface area contributed by atoms with E-state index >= 15 is 0 Å². The number of unbranched alkanes of at least 4 members (excludes halogenated alkanes) is 1. The number of nitrogens with zero attached hydrogens (tertiary/aromatic N) is 8. The summed E-state index contributed by atoms with van der Waals surface area (Å²) in [6.07, 6.45) is 8.44. The molecular formula is C38H36N10O2. The molecule has 250 valence electrons. The summed E-state index contributed by atoms with van der Waals surface area (Å²) in [5, 5.41) is 3.33. The van der Waals surface area contributed by atoms with Gasteiger partial charge < -0.3 is 0 Å². The normalized spacial score (nSPS) is 10.7. The first kappa shape index (κ1) is 33.3. The van der Waals surface area contributed by atoms with Crippen LogP contribution in [0, 0.1) is 0 Å². The Kier molecular flexibility index (Phi) is 10.7. The van der Waals surface area contributed by atoms with Crippen molar-refractivity contribution in [1.82, 2.24) is 40.8 Å². The summed E-state index contributed by atoms with van der Waals surface area (Å²) < 4.78 is 0. The standard InChI is InChI=1S/C38H36N10O2/c1-47(27-23-33(29-13-5-9-19-39-29)43-34(24-27)30-14-6-10-20-40-30)45-37(49)17-3-4-18-38(50)46-48(2)28-25-35(31-15-7-11-21-41-31)44-36(26-28)32-16-8-12-22-42-32/h5-16,19-26H,3-4,17-18H2,1-2H3,(H,45,49)(H,46,50). The number of rotatable bonds is 13. The number of hydrogen-bond acceptors (Lipinski definition) is 10. The number of amides is 2. The second-order valence-electron chi connectivity index (χ2n) is 11.4. The summed E-state index contributed by atoms with van der Waals surface area (Å²) in [6.45, 7) is 0. The predicted octanol–water partition coefficient (Wildman–Crippen LogP) is 5.92. The molecule has 0 aliphatic heterocycles. The molecular weight excluding hydrogens is 628 g/mol. The number of anilines is 2. The molecule has 0 aliphatic rings. The fraction of sp³-hybridized carbons (Fsp3) is 0.158. The lowest BCUT2D eigenvalue weighted by Gasteiger charge is -2.22. The molecule has 12 nitrogen and oxygen atoms in total. The highest BCUT2D eigenvalue weighted by molar-refractivity contribution is 5.80. The molecule has 0 aromatic carbocycles. The van der Waals surface area contributed by atoms with Crippen LogP contribution in [0.25, 0.3) is 45.6 Å². The SMILES string of the molecule is CN(NC(=O)CCCCC(=O)NN(C)c1cc(-c2ccccn2)nc(-c2ccccn2)c1)c1cc(-c2ccccn2)nc(-c2ccccn2)c1. The van der Waals surface area contributed by atoms with Crippen LogP contribution in [-0.2, 0) is 9.59 Å². The molecule has 2 amide bonds. The van der Waals surface area contributed by atoms with Crippen LogP contribution in [0.3, 0.4) is 0 Å². The van der Waals surface area contributed by atoms with Crippen molar-refractivity contribution in [1.29, 1.82) is 0 Å². The molecule has 0 fully saturated rings. The van der Waals surface area contributed by atoms with E-state index in [9.17, 15) is 9.59 Å². The Hall–Kier alpha value is -6.56. The molecule has 6 rings (SSSR count). The first-order valence-electron chi connectivity index (χ1n) is 16.2. The second-order valence-corrected chi connectivity index (χ2v) is 11.4. The molecule has 0 saturated heterocycles. The van der Waals surface area contributed by atoms with E-state index in [0.29, 0.717) is 58.4 Å². The van der Waals surface area contributed by atoms with Crippen molar-refractivity contribution in [3.05, 3.63) is 122 Å². The Morgan fingerprint density at radius 3 is 1.04 bits per heavy atom. The van der Waals surface area contributed by atoms with E-state index in [1.165, 1.54) is 0 Å². The number of pyridine rings is 6. The monoisotopic (exact) mass is 664 g/mol. The van der Waals surface area contributed by atoms with Gasteiger partial charge in [0.1, 0.15) is 0 Å². The highest BCUT2D eigenvalue weighted by Gasteiger charge is 2.15. The smallest absolute Gasteiger partial charge is 0.238 e. The van der Waals surface area contributed by atoms with Gasteiger partial charge in [0.05, 0.1) is 56.9 Å². The Morgan fingerprint density at radius 2 is 0.780 bits per heavy atom. The number of carbonyl (C=O) groups excluding carboxylic acids is 2. The van der Waals surface area contributed by atoms with Gasteiger partial charge in [0.15, 0.2) is 0 Å². The minimum Gasteiger partial charge on any atom is -0.288 e. The summed E-state index contributed by atoms with van der Waals surface area (Å²) in [5.41, 5.74) is 12.8. The Morgan fingerprint density at radius 1 is 0.480 bits per heavy atom. The molecule has 0 radical (unpaired) electrons. The molecule has 0 saturated carbocycles. The van der Waals surface area contributed by atoms with E-state index in [2.05, 4.69) is 30.8 Å². The van der Waals surface area contributed by atoms with Gasteiger partial charge in [0, 0.05) is 51.7 Å². The van der Waals surface area contributed by atoms with E-state index in [1.807, 2.05) is 97.1 Å². The molecule has 12 heteroatoms. The molecule has 2 N–H and O–H groups in total. The third-order valence-corrected chi connectivity index (χ3v) is 7.75. The molecule has 0 bridgehead atoms. The third-order valence-electron chi connectivity index (χ3n) is 7.75. The van der Waals surface area contributed by atoms with Gasteiger partial charge >= 0.3 is 0 Å². The minimum atomic E-state index is -0.165. The van der Waals surface area contributed by atoms with Gasteiger partial charge in [-0.25, -0.2) is 9.97 Å². The van der Waals surface area contributed by atoms with E-state index < -0.39 is 0 Å². The van der Waals surface area contributed by atoms with Gasteiger partial charge in [-0.2, -0.15) is 0 Å². The van der Waals surface area contributed by atoms with E-state index in [1.54, 1.807) is 48.9 Å². The predicted molar refractivity (Wildman–Crippen MR) is 193 cm³/mol. The maximum atomic E-state index is 12.9. The molecule has 0 spiro atoms. The number of nitrogens with one attached hydrogen (secondary N) is 2. The van der Waals surface area contributed by atoms with Gasteiger partial charge in [0.2, 0.25) is 11.8 Å². The summed E-state index contributed by atoms with van der Waals surface area (Å²) in [4.78, 5) is 53.2. The van der Waals surface area contributed by atoms with Crippen molar-refractivity contribution in [3.63, 3.8) is 0 Å². The first-order valence-corrected chi connectivity index (χ1v) is 16.2. The minimum absolute atomic E-state index is 0.165. The zero-order valence-electron chi connectivity index (χ0n) is 27.8. The zero-order valence-corrected chi connectivity index (χ0v) is 27.8. The van der Waals surface area contributed by atoms with Gasteiger partial charge in [-0.3, -0.25) is 50.4 Å². The van der Waals surface area contributed by atoms with Crippen LogP contribution in [-0.4, -0.2) is 55.8 Å². The van der Waals surface area contributed by atoms with Gasteiger partial charge in [-0.1, -0.05) is 24.3 Å². The van der Waals surface area contributed by atoms with Crippen molar-refractivity contribution in [2.75, 3.05) is 24.1 Å². The van der Waals surface area contributed by atoms with Crippen molar-refractivity contribution in [2.24, 2.45) is 0 Å². The van der Waals surface area contributed by atoms with Crippen LogP contribution >= 0.6 is 0 Å². The number of hydrogen-bond donors (Lipinski definition) is 2. The van der Waals surface area contributed by atoms with Crippen LogP contribution in [0.15, 0.2) is 122 Å². The molecule has 0 atom stereocenters. The molecule has 6 aromatic rings. The van der Waals surface area contributed by atoms with Gasteiger partial charge in [0.25, 0.3) is 0 Å². The molecule has 6 heterocycles. The van der Waals surface area contributed by atoms with Crippen LogP contribution in [0.4, 0.5) is 11.4 Å². The lowest BCUT2D eigenvalue weighted by Crippen LogP contribution is -2.40. The van der Waals surface area contributed by atoms with Gasteiger partial charge in [-0.05, 0) is 85.6 Å². The molecule has 0 aliphatic carbocycles. The largest absolute Gasteiger partial charge is 0.288 e. The average molecular weight is 665 g/mol. The maximum absolute atomic E-state index is 12.9. The first-order chi connectivity index (χ1) is 24.4. The Labute approximate surface area is 290 Å². The Balaban J connectivity index is 1.04. The fourth-order valence-electron chi connectivity index (χ4n) is 5.19. The molecule has 50 heavy (non-hydrogen) atoms. The maximum Gasteiger partial charge on any atom is 0.238 e. The summed E-state index contributed by atoms with van der Waals surface area (Å²) in [5.74, 6) is -0.331. The van der Waals surface area contributed by atoms with E-state index in [-0.39, 0.29) is 24.7 Å². The zero-order chi connectivity index (χ0) is 34.7. The van der Waals surface area contributed by atoms with Crippen molar-refractivity contribution in [3.8, 4) is 45.6 Å². The van der Waals surface area contributed by atoms with Crippen molar-refractivity contribution >= 4 is 23.2 Å². The van der Waals surface area contributed by atoms with Crippen molar-refractivity contribution in [2.45, 2.75) is 25.7 Å². The van der Waals surface area contributed by atoms with Crippen LogP contribution in [0.5, 0.6) is 0 Å². The summed E-state index contributed by atoms with van der Waals surface area (Å²) in [6, 6.07) is 30.0. The van der Waals surface area contributed by atoms with Crippen LogP contribution in [0.2, 0.25) is 0 Å². The number of carbonyl (C=O) groups is 2. The third kappa shape index (κ3) is 8.66. The Bertz CT molecular complexity index is 1770. The topological polar surface area (TPSA) is 142 Å². The van der Waals surface area contributed by atoms with Crippen LogP contribution in [0.1, 0.15) is 25.7 Å². The summed E-state index contributed by atoms with van der Waals surface area (Å²) >= 11 is 0. The second kappa shape index (κ2) is 16.0. The van der Waals surface area contributed by atoms with Crippen LogP contribution < -0.4 is 20.9 Å². The lowest BCUT2D eigenvalue weighted by molar-refractivity contribution is -0.123. The van der Waals surface area contributed by atoms with E-state index in [4.69, 9.17) is 9.97 Å². The summed E-state index contributed by atoms with van der Waals surface area (Å²) in [7, 11) is 3.55. The average Bonchev–Trinajstić information content (AvgIpc) is 3.17. The van der Waals surface area contributed by atoms with Crippen molar-refractivity contribution < 1.29 is 9.59 Å². The molecule has 0 unspecified atom stereocenters. The molecule has 6 aromatic heterocycles. The quantitative estimate of drug-likeness (QED) is 0.113. The fourth-order valence-corrected chi connectivity index (χ4v) is 5.19.